The van der Waals surface area contributed by atoms with Crippen molar-refractivity contribution in [2.75, 3.05) is 0 Å². The first-order chi connectivity index (χ1) is 9.61. The molecule has 0 fully saturated rings. The van der Waals surface area contributed by atoms with Gasteiger partial charge in [0.15, 0.2) is 0 Å². The van der Waals surface area contributed by atoms with Crippen LogP contribution < -0.4 is 4.52 Å². The van der Waals surface area contributed by atoms with Crippen LogP contribution in [-0.4, -0.2) is 16.5 Å². The van der Waals surface area contributed by atoms with E-state index in [1.54, 1.807) is 6.07 Å². The smallest absolute Gasteiger partial charge is 0.398 e. The molecule has 0 aliphatic rings. The SMILES string of the molecule is CC(C)(C)OP(Oc1ccccc1COO)OC(C)(C)C. The van der Waals surface area contributed by atoms with Gasteiger partial charge in [-0.2, -0.15) is 0 Å². The van der Waals surface area contributed by atoms with E-state index in [1.807, 2.05) is 59.7 Å². The van der Waals surface area contributed by atoms with Gasteiger partial charge >= 0.3 is 8.60 Å². The number of hydrogen-bond donors (Lipinski definition) is 1. The summed E-state index contributed by atoms with van der Waals surface area (Å²) in [5, 5.41) is 8.64. The van der Waals surface area contributed by atoms with Crippen LogP contribution in [0.15, 0.2) is 24.3 Å². The van der Waals surface area contributed by atoms with Crippen LogP contribution in [0.1, 0.15) is 47.1 Å². The summed E-state index contributed by atoms with van der Waals surface area (Å²) in [6.07, 6.45) is 0. The molecule has 0 amide bonds. The first-order valence-corrected chi connectivity index (χ1v) is 7.91. The topological polar surface area (TPSA) is 57.2 Å². The van der Waals surface area contributed by atoms with E-state index in [4.69, 9.17) is 18.8 Å². The normalized spacial score (nSPS) is 12.8. The molecule has 120 valence electrons. The van der Waals surface area contributed by atoms with E-state index in [0.29, 0.717) is 5.75 Å². The third-order valence-electron chi connectivity index (χ3n) is 2.06. The molecule has 0 radical (unpaired) electrons. The van der Waals surface area contributed by atoms with Gasteiger partial charge in [-0.05, 0) is 47.6 Å². The highest BCUT2D eigenvalue weighted by molar-refractivity contribution is 7.42. The molecular formula is C15H25O5P. The Labute approximate surface area is 128 Å². The van der Waals surface area contributed by atoms with E-state index >= 15 is 0 Å². The van der Waals surface area contributed by atoms with Gasteiger partial charge in [0.05, 0.1) is 11.2 Å². The second-order valence-corrected chi connectivity index (χ2v) is 7.60. The van der Waals surface area contributed by atoms with Crippen LogP contribution in [0.3, 0.4) is 0 Å². The fourth-order valence-electron chi connectivity index (χ4n) is 1.37. The van der Waals surface area contributed by atoms with E-state index < -0.39 is 8.60 Å². The summed E-state index contributed by atoms with van der Waals surface area (Å²) in [5.74, 6) is 0.575. The first-order valence-electron chi connectivity index (χ1n) is 6.81. The number of rotatable bonds is 6. The average Bonchev–Trinajstić information content (AvgIpc) is 2.27. The number of benzene rings is 1. The fourth-order valence-corrected chi connectivity index (χ4v) is 2.71. The Bertz CT molecular complexity index is 420. The van der Waals surface area contributed by atoms with Crippen molar-refractivity contribution in [1.82, 2.24) is 0 Å². The van der Waals surface area contributed by atoms with Crippen molar-refractivity contribution in [3.63, 3.8) is 0 Å². The molecule has 1 rings (SSSR count). The Hall–Kier alpha value is -0.710. The number of para-hydroxylation sites is 1. The maximum Gasteiger partial charge on any atom is 0.398 e. The molecule has 0 saturated heterocycles. The first kappa shape index (κ1) is 18.3. The van der Waals surface area contributed by atoms with Crippen LogP contribution in [0.5, 0.6) is 5.75 Å². The largest absolute Gasteiger partial charge is 0.426 e. The zero-order chi connectivity index (χ0) is 16.1. The van der Waals surface area contributed by atoms with E-state index in [1.165, 1.54) is 0 Å². The molecule has 1 N–H and O–H groups in total. The summed E-state index contributed by atoms with van der Waals surface area (Å²) >= 11 is 0. The average molecular weight is 316 g/mol. The van der Waals surface area contributed by atoms with Gasteiger partial charge in [-0.15, -0.1) is 0 Å². The third kappa shape index (κ3) is 7.74. The molecular weight excluding hydrogens is 291 g/mol. The minimum Gasteiger partial charge on any atom is -0.426 e. The molecule has 1 aromatic carbocycles. The molecule has 1 aromatic rings. The third-order valence-corrected chi connectivity index (χ3v) is 3.80. The molecule has 0 aliphatic carbocycles. The van der Waals surface area contributed by atoms with Crippen molar-refractivity contribution in [2.24, 2.45) is 0 Å². The molecule has 21 heavy (non-hydrogen) atoms. The van der Waals surface area contributed by atoms with Gasteiger partial charge < -0.3 is 4.52 Å². The molecule has 0 spiro atoms. The van der Waals surface area contributed by atoms with Gasteiger partial charge in [0.2, 0.25) is 0 Å². The lowest BCUT2D eigenvalue weighted by Gasteiger charge is -2.30. The lowest BCUT2D eigenvalue weighted by atomic mass is 10.2. The summed E-state index contributed by atoms with van der Waals surface area (Å²) in [5.41, 5.74) is -0.0545. The minimum atomic E-state index is -1.58. The van der Waals surface area contributed by atoms with Gasteiger partial charge in [-0.25, -0.2) is 4.89 Å². The molecule has 0 saturated carbocycles. The van der Waals surface area contributed by atoms with Crippen molar-refractivity contribution in [3.8, 4) is 5.75 Å². The maximum absolute atomic E-state index is 8.64. The highest BCUT2D eigenvalue weighted by Gasteiger charge is 2.29. The Balaban J connectivity index is 2.90. The molecule has 0 aliphatic heterocycles. The van der Waals surface area contributed by atoms with Gasteiger partial charge in [0.1, 0.15) is 12.4 Å². The van der Waals surface area contributed by atoms with Crippen molar-refractivity contribution in [3.05, 3.63) is 29.8 Å². The van der Waals surface area contributed by atoms with Crippen LogP contribution in [-0.2, 0) is 20.5 Å². The highest BCUT2D eigenvalue weighted by atomic mass is 31.2. The van der Waals surface area contributed by atoms with E-state index in [0.717, 1.165) is 5.56 Å². The Morgan fingerprint density at radius 1 is 0.952 bits per heavy atom. The maximum atomic E-state index is 8.64. The Kier molecular flexibility index (Phi) is 6.57. The van der Waals surface area contributed by atoms with Gasteiger partial charge in [0, 0.05) is 5.56 Å². The van der Waals surface area contributed by atoms with Crippen molar-refractivity contribution >= 4 is 8.60 Å². The predicted molar refractivity (Wildman–Crippen MR) is 83.1 cm³/mol. The van der Waals surface area contributed by atoms with Gasteiger partial charge in [-0.1, -0.05) is 18.2 Å². The molecule has 6 heteroatoms. The Morgan fingerprint density at radius 2 is 1.48 bits per heavy atom. The van der Waals surface area contributed by atoms with Gasteiger partial charge in [0.25, 0.3) is 0 Å². The lowest BCUT2D eigenvalue weighted by Crippen LogP contribution is -2.23. The molecule has 0 heterocycles. The van der Waals surface area contributed by atoms with Crippen LogP contribution in [0, 0.1) is 0 Å². The molecule has 0 atom stereocenters. The summed E-state index contributed by atoms with van der Waals surface area (Å²) in [6, 6.07) is 7.30. The van der Waals surface area contributed by atoms with Crippen LogP contribution in [0.4, 0.5) is 0 Å². The molecule has 0 bridgehead atoms. The summed E-state index contributed by atoms with van der Waals surface area (Å²) in [7, 11) is -1.58. The lowest BCUT2D eigenvalue weighted by molar-refractivity contribution is -0.253. The van der Waals surface area contributed by atoms with Crippen molar-refractivity contribution in [2.45, 2.75) is 59.4 Å². The molecule has 0 unspecified atom stereocenters. The monoisotopic (exact) mass is 316 g/mol. The second kappa shape index (κ2) is 7.52. The summed E-state index contributed by atoms with van der Waals surface area (Å²) < 4.78 is 17.6. The quantitative estimate of drug-likeness (QED) is 0.459. The van der Waals surface area contributed by atoms with E-state index in [-0.39, 0.29) is 17.8 Å². The standard InChI is InChI=1S/C15H25O5P/c1-14(2,3)19-21(20-15(4,5)6)18-13-10-8-7-9-12(13)11-17-16/h7-10,16H,11H2,1-6H3. The Morgan fingerprint density at radius 3 is 1.95 bits per heavy atom. The van der Waals surface area contributed by atoms with Crippen LogP contribution >= 0.6 is 8.60 Å². The zero-order valence-electron chi connectivity index (χ0n) is 13.5. The number of hydrogen-bond acceptors (Lipinski definition) is 5. The second-order valence-electron chi connectivity index (χ2n) is 6.60. The zero-order valence-corrected chi connectivity index (χ0v) is 14.4. The fraction of sp³-hybridized carbons (Fsp3) is 0.600. The molecule has 5 nitrogen and oxygen atoms in total. The molecule has 0 aromatic heterocycles. The summed E-state index contributed by atoms with van der Waals surface area (Å²) in [6.45, 7) is 11.7. The van der Waals surface area contributed by atoms with E-state index in [9.17, 15) is 0 Å². The van der Waals surface area contributed by atoms with Crippen LogP contribution in [0.25, 0.3) is 0 Å². The minimum absolute atomic E-state index is 0.0460. The highest BCUT2D eigenvalue weighted by Crippen LogP contribution is 2.48. The van der Waals surface area contributed by atoms with E-state index in [2.05, 4.69) is 4.89 Å². The van der Waals surface area contributed by atoms with Crippen molar-refractivity contribution < 1.29 is 23.7 Å². The summed E-state index contributed by atoms with van der Waals surface area (Å²) in [4.78, 5) is 4.20. The van der Waals surface area contributed by atoms with Crippen LogP contribution in [0.2, 0.25) is 0 Å². The van der Waals surface area contributed by atoms with Gasteiger partial charge in [-0.3, -0.25) is 14.3 Å². The predicted octanol–water partition coefficient (Wildman–Crippen LogP) is 4.91. The van der Waals surface area contributed by atoms with Crippen molar-refractivity contribution in [1.29, 1.82) is 0 Å².